The van der Waals surface area contributed by atoms with Crippen LogP contribution in [0.15, 0.2) is 23.6 Å². The first-order valence-electron chi connectivity index (χ1n) is 5.09. The third kappa shape index (κ3) is 4.35. The second-order valence-electron chi connectivity index (χ2n) is 3.77. The van der Waals surface area contributed by atoms with E-state index in [1.54, 1.807) is 0 Å². The molecule has 0 saturated heterocycles. The van der Waals surface area contributed by atoms with Gasteiger partial charge in [0.25, 0.3) is 0 Å². The normalized spacial score (nSPS) is 13.6. The lowest BCUT2D eigenvalue weighted by atomic mass is 10.0. The summed E-state index contributed by atoms with van der Waals surface area (Å²) >= 11 is 0. The van der Waals surface area contributed by atoms with Gasteiger partial charge in [-0.25, -0.2) is 0 Å². The first-order valence-corrected chi connectivity index (χ1v) is 7.47. The van der Waals surface area contributed by atoms with Crippen molar-refractivity contribution in [3.8, 4) is 0 Å². The summed E-state index contributed by atoms with van der Waals surface area (Å²) in [5.41, 5.74) is 5.57. The summed E-state index contributed by atoms with van der Waals surface area (Å²) in [5.74, 6) is 1.20. The maximum atomic E-state index is 2.24. The quantitative estimate of drug-likeness (QED) is 0.595. The third-order valence-corrected chi connectivity index (χ3v) is 4.41. The molecular formula is C13H18S2. The first kappa shape index (κ1) is 12.7. The fourth-order valence-electron chi connectivity index (χ4n) is 1.30. The van der Waals surface area contributed by atoms with Crippen molar-refractivity contribution < 1.29 is 0 Å². The lowest BCUT2D eigenvalue weighted by molar-refractivity contribution is 1.24. The average molecular weight is 238 g/mol. The summed E-state index contributed by atoms with van der Waals surface area (Å²) in [6, 6.07) is 4.48. The molecule has 1 aromatic carbocycles. The molecule has 2 heteroatoms. The Morgan fingerprint density at radius 2 is 1.33 bits per heavy atom. The Hall–Kier alpha value is -0.340. The van der Waals surface area contributed by atoms with Gasteiger partial charge in [-0.15, -0.1) is 0 Å². The van der Waals surface area contributed by atoms with E-state index in [0.717, 1.165) is 0 Å². The first-order chi connectivity index (χ1) is 7.11. The maximum absolute atomic E-state index is 2.24. The zero-order valence-electron chi connectivity index (χ0n) is 9.83. The van der Waals surface area contributed by atoms with Crippen LogP contribution in [0.4, 0.5) is 0 Å². The Labute approximate surface area is 101 Å². The number of hydrogen-bond acceptors (Lipinski definition) is 2. The Morgan fingerprint density at radius 1 is 0.867 bits per heavy atom. The van der Waals surface area contributed by atoms with Crippen molar-refractivity contribution in [2.75, 3.05) is 5.75 Å². The van der Waals surface area contributed by atoms with E-state index in [1.165, 1.54) is 28.0 Å². The van der Waals surface area contributed by atoms with Gasteiger partial charge in [-0.2, -0.15) is 0 Å². The van der Waals surface area contributed by atoms with Crippen LogP contribution in [0.2, 0.25) is 0 Å². The van der Waals surface area contributed by atoms with Crippen molar-refractivity contribution in [2.45, 2.75) is 27.7 Å². The lowest BCUT2D eigenvalue weighted by Crippen LogP contribution is -1.86. The summed E-state index contributed by atoms with van der Waals surface area (Å²) in [4.78, 5) is 0. The fraction of sp³-hybridized carbons (Fsp3) is 0.385. The predicted octanol–water partition coefficient (Wildman–Crippen LogP) is 4.82. The third-order valence-electron chi connectivity index (χ3n) is 2.49. The van der Waals surface area contributed by atoms with E-state index >= 15 is 0 Å². The molecule has 0 N–H and O–H groups in total. The predicted molar refractivity (Wildman–Crippen MR) is 74.6 cm³/mol. The summed E-state index contributed by atoms with van der Waals surface area (Å²) in [7, 11) is 3.69. The monoisotopic (exact) mass is 238 g/mol. The lowest BCUT2D eigenvalue weighted by Gasteiger charge is -2.04. The van der Waals surface area contributed by atoms with Crippen molar-refractivity contribution in [1.29, 1.82) is 0 Å². The molecule has 0 fully saturated rings. The minimum Gasteiger partial charge on any atom is -0.0854 e. The van der Waals surface area contributed by atoms with Gasteiger partial charge in [0.2, 0.25) is 0 Å². The van der Waals surface area contributed by atoms with Crippen LogP contribution in [0.5, 0.6) is 0 Å². The van der Waals surface area contributed by atoms with E-state index < -0.39 is 0 Å². The van der Waals surface area contributed by atoms with Crippen LogP contribution in [0.25, 0.3) is 0 Å². The van der Waals surface area contributed by atoms with Gasteiger partial charge in [0.1, 0.15) is 0 Å². The molecule has 1 aromatic rings. The Balaban J connectivity index is 0.000000187. The molecule has 82 valence electrons. The standard InChI is InChI=1S/C10H14.C3H4S2/c1-7-5-9(3)10(4)6-8(7)2;1-2-4-5-3-1/h5-6H,1-4H3;1-2H,3H2. The number of rotatable bonds is 0. The second-order valence-corrected chi connectivity index (χ2v) is 6.09. The van der Waals surface area contributed by atoms with Gasteiger partial charge in [0.05, 0.1) is 0 Å². The molecule has 15 heavy (non-hydrogen) atoms. The summed E-state index contributed by atoms with van der Waals surface area (Å²) in [6.45, 7) is 8.62. The highest BCUT2D eigenvalue weighted by molar-refractivity contribution is 8.78. The van der Waals surface area contributed by atoms with Crippen LogP contribution in [-0.2, 0) is 0 Å². The summed E-state index contributed by atoms with van der Waals surface area (Å²) in [5, 5.41) is 2.12. The number of benzene rings is 1. The van der Waals surface area contributed by atoms with Crippen LogP contribution in [-0.4, -0.2) is 5.75 Å². The molecule has 0 nitrogen and oxygen atoms in total. The van der Waals surface area contributed by atoms with Crippen LogP contribution in [0.3, 0.4) is 0 Å². The van der Waals surface area contributed by atoms with Crippen molar-refractivity contribution in [2.24, 2.45) is 0 Å². The summed E-state index contributed by atoms with van der Waals surface area (Å²) < 4.78 is 0. The molecule has 0 radical (unpaired) electrons. The molecule has 1 aliphatic rings. The van der Waals surface area contributed by atoms with E-state index in [-0.39, 0.29) is 0 Å². The average Bonchev–Trinajstić information content (AvgIpc) is 2.73. The largest absolute Gasteiger partial charge is 0.0854 e. The van der Waals surface area contributed by atoms with Crippen molar-refractivity contribution >= 4 is 21.6 Å². The topological polar surface area (TPSA) is 0 Å². The molecule has 0 aromatic heterocycles. The highest BCUT2D eigenvalue weighted by Gasteiger charge is 1.95. The maximum Gasteiger partial charge on any atom is 0.0229 e. The van der Waals surface area contributed by atoms with Crippen molar-refractivity contribution in [3.05, 3.63) is 45.9 Å². The van der Waals surface area contributed by atoms with Crippen LogP contribution >= 0.6 is 21.6 Å². The highest BCUT2D eigenvalue weighted by Crippen LogP contribution is 2.27. The van der Waals surface area contributed by atoms with Gasteiger partial charge in [-0.3, -0.25) is 0 Å². The molecule has 0 atom stereocenters. The number of hydrogen-bond donors (Lipinski definition) is 0. The van der Waals surface area contributed by atoms with Crippen LogP contribution in [0.1, 0.15) is 22.3 Å². The highest BCUT2D eigenvalue weighted by atomic mass is 33.1. The number of aryl methyl sites for hydroxylation is 4. The molecule has 0 aliphatic carbocycles. The SMILES string of the molecule is C1=CSSC1.Cc1cc(C)c(C)cc1C. The van der Waals surface area contributed by atoms with Gasteiger partial charge in [0.15, 0.2) is 0 Å². The Kier molecular flexibility index (Phi) is 5.34. The van der Waals surface area contributed by atoms with Crippen LogP contribution < -0.4 is 0 Å². The smallest absolute Gasteiger partial charge is 0.0229 e. The van der Waals surface area contributed by atoms with E-state index in [2.05, 4.69) is 51.3 Å². The Bertz CT molecular complexity index is 298. The van der Waals surface area contributed by atoms with E-state index in [1.807, 2.05) is 21.6 Å². The van der Waals surface area contributed by atoms with E-state index in [4.69, 9.17) is 0 Å². The zero-order valence-corrected chi connectivity index (χ0v) is 11.5. The molecule has 0 saturated carbocycles. The van der Waals surface area contributed by atoms with Crippen molar-refractivity contribution in [3.63, 3.8) is 0 Å². The van der Waals surface area contributed by atoms with Gasteiger partial charge in [0, 0.05) is 5.75 Å². The molecule has 0 spiro atoms. The van der Waals surface area contributed by atoms with E-state index in [0.29, 0.717) is 0 Å². The molecule has 0 amide bonds. The molecule has 1 heterocycles. The van der Waals surface area contributed by atoms with Crippen LogP contribution in [0, 0.1) is 27.7 Å². The van der Waals surface area contributed by atoms with E-state index in [9.17, 15) is 0 Å². The van der Waals surface area contributed by atoms with Gasteiger partial charge >= 0.3 is 0 Å². The molecule has 1 aliphatic heterocycles. The molecule has 0 bridgehead atoms. The molecule has 2 rings (SSSR count). The van der Waals surface area contributed by atoms with Gasteiger partial charge in [-0.1, -0.05) is 39.8 Å². The second kappa shape index (κ2) is 6.29. The zero-order chi connectivity index (χ0) is 11.3. The molecule has 0 unspecified atom stereocenters. The van der Waals surface area contributed by atoms with Crippen molar-refractivity contribution in [1.82, 2.24) is 0 Å². The minimum atomic E-state index is 1.20. The molecular weight excluding hydrogens is 220 g/mol. The summed E-state index contributed by atoms with van der Waals surface area (Å²) in [6.07, 6.45) is 2.16. The Morgan fingerprint density at radius 3 is 1.53 bits per heavy atom. The fourth-order valence-corrected chi connectivity index (χ4v) is 2.87. The van der Waals surface area contributed by atoms with Gasteiger partial charge < -0.3 is 0 Å². The minimum absolute atomic E-state index is 1.20. The van der Waals surface area contributed by atoms with Gasteiger partial charge in [-0.05, 0) is 55.4 Å².